The number of nitrogens with one attached hydrogen (secondary N) is 2. The molecule has 0 aromatic rings. The van der Waals surface area contributed by atoms with E-state index in [9.17, 15) is 9.59 Å². The number of nitrogens with zero attached hydrogens (tertiary/aromatic N) is 1. The van der Waals surface area contributed by atoms with Crippen molar-refractivity contribution in [3.05, 3.63) is 0 Å². The summed E-state index contributed by atoms with van der Waals surface area (Å²) in [7, 11) is 0. The summed E-state index contributed by atoms with van der Waals surface area (Å²) in [6.07, 6.45) is 2.61. The van der Waals surface area contributed by atoms with E-state index in [1.54, 1.807) is 0 Å². The summed E-state index contributed by atoms with van der Waals surface area (Å²) in [5, 5.41) is 15.2. The lowest BCUT2D eigenvalue weighted by atomic mass is 9.96. The minimum Gasteiger partial charge on any atom is -0.481 e. The number of rotatable bonds is 5. The molecule has 1 aliphatic carbocycles. The van der Waals surface area contributed by atoms with Crippen LogP contribution in [0.3, 0.4) is 0 Å². The third-order valence-electron chi connectivity index (χ3n) is 4.11. The fourth-order valence-electron chi connectivity index (χ4n) is 2.98. The zero-order valence-electron chi connectivity index (χ0n) is 11.2. The van der Waals surface area contributed by atoms with Crippen LogP contribution in [0.4, 0.5) is 0 Å². The van der Waals surface area contributed by atoms with E-state index in [-0.39, 0.29) is 17.7 Å². The molecule has 2 unspecified atom stereocenters. The Kier molecular flexibility index (Phi) is 5.15. The van der Waals surface area contributed by atoms with Crippen molar-refractivity contribution in [1.82, 2.24) is 15.5 Å². The van der Waals surface area contributed by atoms with Gasteiger partial charge in [0.2, 0.25) is 5.91 Å². The first-order chi connectivity index (χ1) is 9.16. The lowest BCUT2D eigenvalue weighted by Crippen LogP contribution is -2.48. The van der Waals surface area contributed by atoms with Gasteiger partial charge in [0.15, 0.2) is 0 Å². The van der Waals surface area contributed by atoms with E-state index in [1.165, 1.54) is 0 Å². The Labute approximate surface area is 113 Å². The quantitative estimate of drug-likeness (QED) is 0.627. The Morgan fingerprint density at radius 3 is 2.68 bits per heavy atom. The maximum absolute atomic E-state index is 11.8. The average molecular weight is 269 g/mol. The first kappa shape index (κ1) is 14.3. The first-order valence-corrected chi connectivity index (χ1v) is 7.09. The smallest absolute Gasteiger partial charge is 0.306 e. The van der Waals surface area contributed by atoms with Crippen LogP contribution in [0.15, 0.2) is 0 Å². The highest BCUT2D eigenvalue weighted by atomic mass is 16.4. The molecule has 0 aromatic heterocycles. The summed E-state index contributed by atoms with van der Waals surface area (Å²) >= 11 is 0. The van der Waals surface area contributed by atoms with Crippen LogP contribution >= 0.6 is 0 Å². The molecule has 2 atom stereocenters. The van der Waals surface area contributed by atoms with Crippen molar-refractivity contribution in [2.75, 3.05) is 39.3 Å². The van der Waals surface area contributed by atoms with Gasteiger partial charge < -0.3 is 15.7 Å². The van der Waals surface area contributed by atoms with E-state index in [2.05, 4.69) is 15.5 Å². The maximum atomic E-state index is 11.8. The molecular formula is C13H23N3O3. The molecule has 1 saturated heterocycles. The molecule has 2 aliphatic rings. The van der Waals surface area contributed by atoms with Crippen LogP contribution in [0, 0.1) is 11.8 Å². The van der Waals surface area contributed by atoms with E-state index in [0.29, 0.717) is 13.1 Å². The van der Waals surface area contributed by atoms with Crippen LogP contribution in [0.2, 0.25) is 0 Å². The minimum absolute atomic E-state index is 0.0120. The monoisotopic (exact) mass is 269 g/mol. The van der Waals surface area contributed by atoms with Gasteiger partial charge in [0.25, 0.3) is 0 Å². The van der Waals surface area contributed by atoms with Gasteiger partial charge in [-0.05, 0) is 18.8 Å². The number of carbonyl (C=O) groups excluding carboxylic acids is 1. The molecule has 0 radical (unpaired) electrons. The summed E-state index contributed by atoms with van der Waals surface area (Å²) < 4.78 is 0. The van der Waals surface area contributed by atoms with Crippen LogP contribution in [-0.4, -0.2) is 61.2 Å². The third-order valence-corrected chi connectivity index (χ3v) is 4.11. The summed E-state index contributed by atoms with van der Waals surface area (Å²) in [6.45, 7) is 4.57. The molecule has 0 aromatic carbocycles. The molecule has 108 valence electrons. The Balaban J connectivity index is 1.69. The van der Waals surface area contributed by atoms with Crippen LogP contribution < -0.4 is 10.6 Å². The molecule has 1 amide bonds. The largest absolute Gasteiger partial charge is 0.481 e. The van der Waals surface area contributed by atoms with Gasteiger partial charge in [0.1, 0.15) is 0 Å². The van der Waals surface area contributed by atoms with Crippen LogP contribution in [-0.2, 0) is 9.59 Å². The molecule has 2 fully saturated rings. The van der Waals surface area contributed by atoms with Crippen molar-refractivity contribution in [3.63, 3.8) is 0 Å². The normalized spacial score (nSPS) is 28.2. The second-order valence-electron chi connectivity index (χ2n) is 5.47. The van der Waals surface area contributed by atoms with Gasteiger partial charge in [-0.1, -0.05) is 6.42 Å². The number of aliphatic carboxylic acids is 1. The Morgan fingerprint density at radius 2 is 2.00 bits per heavy atom. The average Bonchev–Trinajstić information content (AvgIpc) is 2.86. The number of carboxylic acid groups (broad SMARTS) is 1. The summed E-state index contributed by atoms with van der Waals surface area (Å²) in [4.78, 5) is 25.0. The van der Waals surface area contributed by atoms with Gasteiger partial charge in [0.05, 0.1) is 12.5 Å². The van der Waals surface area contributed by atoms with Crippen LogP contribution in [0.5, 0.6) is 0 Å². The summed E-state index contributed by atoms with van der Waals surface area (Å²) in [5.74, 6) is -0.888. The number of carbonyl (C=O) groups is 2. The van der Waals surface area contributed by atoms with Gasteiger partial charge in [-0.3, -0.25) is 14.5 Å². The van der Waals surface area contributed by atoms with Gasteiger partial charge in [0, 0.05) is 32.7 Å². The second-order valence-corrected chi connectivity index (χ2v) is 5.47. The maximum Gasteiger partial charge on any atom is 0.306 e. The lowest BCUT2D eigenvalue weighted by molar-refractivity contribution is -0.143. The fourth-order valence-corrected chi connectivity index (χ4v) is 2.98. The van der Waals surface area contributed by atoms with E-state index in [0.717, 1.165) is 45.4 Å². The molecule has 2 rings (SSSR count). The minimum atomic E-state index is -0.723. The van der Waals surface area contributed by atoms with E-state index in [4.69, 9.17) is 5.11 Å². The molecule has 1 saturated carbocycles. The van der Waals surface area contributed by atoms with E-state index in [1.807, 2.05) is 0 Å². The van der Waals surface area contributed by atoms with Crippen molar-refractivity contribution in [3.8, 4) is 0 Å². The van der Waals surface area contributed by atoms with Crippen molar-refractivity contribution in [1.29, 1.82) is 0 Å². The highest BCUT2D eigenvalue weighted by Gasteiger charge is 2.32. The number of amides is 1. The van der Waals surface area contributed by atoms with Gasteiger partial charge in [-0.15, -0.1) is 0 Å². The Hall–Kier alpha value is -1.14. The van der Waals surface area contributed by atoms with Crippen LogP contribution in [0.1, 0.15) is 19.3 Å². The molecule has 6 heteroatoms. The molecule has 0 spiro atoms. The second kappa shape index (κ2) is 6.86. The van der Waals surface area contributed by atoms with Crippen LogP contribution in [0.25, 0.3) is 0 Å². The molecule has 1 aliphatic heterocycles. The standard InChI is InChI=1S/C13H23N3O3/c17-12(9-16-6-4-14-5-7-16)15-8-10-2-1-3-11(10)13(18)19/h10-11,14H,1-9H2,(H,15,17)(H,18,19). The number of piperazine rings is 1. The topological polar surface area (TPSA) is 81.7 Å². The van der Waals surface area contributed by atoms with Gasteiger partial charge >= 0.3 is 5.97 Å². The summed E-state index contributed by atoms with van der Waals surface area (Å²) in [6, 6.07) is 0. The number of hydrogen-bond donors (Lipinski definition) is 3. The zero-order valence-corrected chi connectivity index (χ0v) is 11.2. The van der Waals surface area contributed by atoms with Gasteiger partial charge in [-0.2, -0.15) is 0 Å². The molecular weight excluding hydrogens is 246 g/mol. The SMILES string of the molecule is O=C(CN1CCNCC1)NCC1CCCC1C(=O)O. The fraction of sp³-hybridized carbons (Fsp3) is 0.846. The third kappa shape index (κ3) is 4.18. The number of hydrogen-bond acceptors (Lipinski definition) is 4. The Morgan fingerprint density at radius 1 is 1.26 bits per heavy atom. The molecule has 1 heterocycles. The molecule has 19 heavy (non-hydrogen) atoms. The van der Waals surface area contributed by atoms with Crippen molar-refractivity contribution in [2.45, 2.75) is 19.3 Å². The van der Waals surface area contributed by atoms with Gasteiger partial charge in [-0.25, -0.2) is 0 Å². The predicted octanol–water partition coefficient (Wildman–Crippen LogP) is -0.491. The highest BCUT2D eigenvalue weighted by Crippen LogP contribution is 2.31. The van der Waals surface area contributed by atoms with Crippen molar-refractivity contribution >= 4 is 11.9 Å². The molecule has 0 bridgehead atoms. The lowest BCUT2D eigenvalue weighted by Gasteiger charge is -2.26. The molecule has 3 N–H and O–H groups in total. The van der Waals surface area contributed by atoms with E-state index < -0.39 is 5.97 Å². The number of carboxylic acids is 1. The summed E-state index contributed by atoms with van der Waals surface area (Å²) in [5.41, 5.74) is 0. The predicted molar refractivity (Wildman–Crippen MR) is 70.8 cm³/mol. The zero-order chi connectivity index (χ0) is 13.7. The Bertz CT molecular complexity index is 329. The van der Waals surface area contributed by atoms with Crippen molar-refractivity contribution < 1.29 is 14.7 Å². The van der Waals surface area contributed by atoms with Crippen molar-refractivity contribution in [2.24, 2.45) is 11.8 Å². The highest BCUT2D eigenvalue weighted by molar-refractivity contribution is 5.78. The van der Waals surface area contributed by atoms with E-state index >= 15 is 0 Å². The molecule has 6 nitrogen and oxygen atoms in total. The first-order valence-electron chi connectivity index (χ1n) is 7.09.